The molecule has 154 valence electrons. The molecule has 1 aromatic heterocycles. The molecule has 0 radical (unpaired) electrons. The Bertz CT molecular complexity index is 1130. The smallest absolute Gasteiger partial charge is 0.251 e. The summed E-state index contributed by atoms with van der Waals surface area (Å²) in [7, 11) is 0. The highest BCUT2D eigenvalue weighted by atomic mass is 32.1. The minimum absolute atomic E-state index is 0.127. The van der Waals surface area contributed by atoms with Gasteiger partial charge in [-0.05, 0) is 65.7 Å². The fraction of sp³-hybridized carbons (Fsp3) is 0.217. The van der Waals surface area contributed by atoms with Gasteiger partial charge in [0.15, 0.2) is 0 Å². The molecule has 7 heteroatoms. The van der Waals surface area contributed by atoms with Crippen molar-refractivity contribution in [2.45, 2.75) is 19.9 Å². The van der Waals surface area contributed by atoms with Gasteiger partial charge in [-0.15, -0.1) is 11.3 Å². The first-order valence-electron chi connectivity index (χ1n) is 9.59. The number of hydrogen-bond donors (Lipinski definition) is 1. The number of amides is 2. The van der Waals surface area contributed by atoms with Crippen molar-refractivity contribution in [1.82, 2.24) is 10.2 Å². The number of fused-ring (bicyclic) bond motifs is 1. The second-order valence-electron chi connectivity index (χ2n) is 7.27. The number of nitrogens with one attached hydrogen (secondary N) is 1. The van der Waals surface area contributed by atoms with E-state index in [1.807, 2.05) is 11.4 Å². The van der Waals surface area contributed by atoms with E-state index in [0.717, 1.165) is 18.1 Å². The van der Waals surface area contributed by atoms with Gasteiger partial charge in [0.2, 0.25) is 5.91 Å². The lowest BCUT2D eigenvalue weighted by molar-refractivity contribution is -0.131. The quantitative estimate of drug-likeness (QED) is 0.676. The minimum atomic E-state index is -0.579. The van der Waals surface area contributed by atoms with Crippen molar-refractivity contribution in [2.75, 3.05) is 13.1 Å². The van der Waals surface area contributed by atoms with Crippen LogP contribution in [0.5, 0.6) is 0 Å². The summed E-state index contributed by atoms with van der Waals surface area (Å²) in [6.07, 6.45) is 0.822. The summed E-state index contributed by atoms with van der Waals surface area (Å²) in [5, 5.41) is 4.60. The highest BCUT2D eigenvalue weighted by molar-refractivity contribution is 7.10. The Morgan fingerprint density at radius 2 is 1.90 bits per heavy atom. The van der Waals surface area contributed by atoms with Crippen LogP contribution >= 0.6 is 11.3 Å². The third kappa shape index (κ3) is 4.11. The number of nitrogens with zero attached hydrogens (tertiary/aromatic N) is 1. The second-order valence-corrected chi connectivity index (χ2v) is 8.27. The number of thiophene rings is 1. The molecule has 2 amide bonds. The third-order valence-electron chi connectivity index (χ3n) is 5.27. The van der Waals surface area contributed by atoms with Crippen LogP contribution in [0.3, 0.4) is 0 Å². The van der Waals surface area contributed by atoms with E-state index in [-0.39, 0.29) is 23.8 Å². The van der Waals surface area contributed by atoms with Crippen LogP contribution in [0.15, 0.2) is 47.8 Å². The molecule has 2 aromatic carbocycles. The predicted molar refractivity (Wildman–Crippen MR) is 112 cm³/mol. The van der Waals surface area contributed by atoms with Crippen molar-refractivity contribution in [3.63, 3.8) is 0 Å². The van der Waals surface area contributed by atoms with Gasteiger partial charge in [-0.25, -0.2) is 8.78 Å². The Morgan fingerprint density at radius 1 is 1.10 bits per heavy atom. The Morgan fingerprint density at radius 3 is 2.67 bits per heavy atom. The van der Waals surface area contributed by atoms with Crippen LogP contribution in [0.4, 0.5) is 8.78 Å². The zero-order valence-corrected chi connectivity index (χ0v) is 17.2. The first-order chi connectivity index (χ1) is 14.4. The van der Waals surface area contributed by atoms with Crippen molar-refractivity contribution in [3.05, 3.63) is 81.0 Å². The first kappa shape index (κ1) is 20.2. The Hall–Kier alpha value is -3.06. The van der Waals surface area contributed by atoms with Crippen LogP contribution < -0.4 is 5.32 Å². The van der Waals surface area contributed by atoms with Crippen LogP contribution in [0.2, 0.25) is 0 Å². The molecule has 3 aromatic rings. The van der Waals surface area contributed by atoms with E-state index in [4.69, 9.17) is 0 Å². The van der Waals surface area contributed by atoms with Crippen LogP contribution in [-0.2, 0) is 17.8 Å². The van der Waals surface area contributed by atoms with E-state index in [2.05, 4.69) is 5.32 Å². The molecule has 0 atom stereocenters. The minimum Gasteiger partial charge on any atom is -0.343 e. The van der Waals surface area contributed by atoms with E-state index in [1.54, 1.807) is 23.2 Å². The molecule has 0 unspecified atom stereocenters. The number of carbonyl (C=O) groups excluding carboxylic acids is 2. The molecule has 0 bridgehead atoms. The molecule has 0 aliphatic carbocycles. The molecule has 0 fully saturated rings. The fourth-order valence-electron chi connectivity index (χ4n) is 3.64. The standard InChI is InChI=1S/C23H20F2N2O2S/c1-14-10-17(24)3-5-18(14)19-4-2-15(11-20(19)25)23(29)26-12-22(28)27-8-6-21-16(13-27)7-9-30-21/h2-5,7,9-11H,6,8,12-13H2,1H3,(H,26,29). The van der Waals surface area contributed by atoms with Crippen molar-refractivity contribution in [3.8, 4) is 11.1 Å². The normalized spacial score (nSPS) is 13.1. The van der Waals surface area contributed by atoms with E-state index in [1.165, 1.54) is 35.2 Å². The molecule has 1 N–H and O–H groups in total. The van der Waals surface area contributed by atoms with Crippen molar-refractivity contribution in [2.24, 2.45) is 0 Å². The molecule has 30 heavy (non-hydrogen) atoms. The van der Waals surface area contributed by atoms with E-state index < -0.39 is 11.7 Å². The molecule has 4 nitrogen and oxygen atoms in total. The SMILES string of the molecule is Cc1cc(F)ccc1-c1ccc(C(=O)NCC(=O)N2CCc3sccc3C2)cc1F. The monoisotopic (exact) mass is 426 g/mol. The number of carbonyl (C=O) groups is 2. The summed E-state index contributed by atoms with van der Waals surface area (Å²) in [6, 6.07) is 10.3. The van der Waals surface area contributed by atoms with Crippen molar-refractivity contribution in [1.29, 1.82) is 0 Å². The Labute approximate surface area is 177 Å². The lowest BCUT2D eigenvalue weighted by Crippen LogP contribution is -2.42. The van der Waals surface area contributed by atoms with Gasteiger partial charge in [0, 0.05) is 29.1 Å². The van der Waals surface area contributed by atoms with Gasteiger partial charge < -0.3 is 10.2 Å². The largest absolute Gasteiger partial charge is 0.343 e. The van der Waals surface area contributed by atoms with Gasteiger partial charge in [0.25, 0.3) is 5.91 Å². The highest BCUT2D eigenvalue weighted by Gasteiger charge is 2.22. The number of halogens is 2. The topological polar surface area (TPSA) is 49.4 Å². The van der Waals surface area contributed by atoms with Crippen LogP contribution in [0.25, 0.3) is 11.1 Å². The third-order valence-corrected chi connectivity index (χ3v) is 6.29. The van der Waals surface area contributed by atoms with Gasteiger partial charge in [-0.1, -0.05) is 12.1 Å². The molecule has 0 saturated heterocycles. The summed E-state index contributed by atoms with van der Waals surface area (Å²) >= 11 is 1.70. The van der Waals surface area contributed by atoms with E-state index in [9.17, 15) is 18.4 Å². The summed E-state index contributed by atoms with van der Waals surface area (Å²) in [5.41, 5.74) is 2.74. The lowest BCUT2D eigenvalue weighted by Gasteiger charge is -2.27. The zero-order valence-electron chi connectivity index (χ0n) is 16.4. The van der Waals surface area contributed by atoms with Gasteiger partial charge in [0.1, 0.15) is 11.6 Å². The summed E-state index contributed by atoms with van der Waals surface area (Å²) in [4.78, 5) is 27.9. The average Bonchev–Trinajstić information content (AvgIpc) is 3.20. The molecule has 1 aliphatic rings. The zero-order chi connectivity index (χ0) is 21.3. The summed E-state index contributed by atoms with van der Waals surface area (Å²) < 4.78 is 27.9. The predicted octanol–water partition coefficient (Wildman–Crippen LogP) is 4.32. The summed E-state index contributed by atoms with van der Waals surface area (Å²) in [6.45, 7) is 2.74. The molecule has 1 aliphatic heterocycles. The molecular weight excluding hydrogens is 406 g/mol. The molecule has 2 heterocycles. The van der Waals surface area contributed by atoms with Gasteiger partial charge in [-0.3, -0.25) is 9.59 Å². The maximum Gasteiger partial charge on any atom is 0.251 e. The summed E-state index contributed by atoms with van der Waals surface area (Å²) in [5.74, 6) is -1.65. The average molecular weight is 426 g/mol. The van der Waals surface area contributed by atoms with Gasteiger partial charge >= 0.3 is 0 Å². The number of benzene rings is 2. The number of hydrogen-bond acceptors (Lipinski definition) is 3. The van der Waals surface area contributed by atoms with Gasteiger partial charge in [0.05, 0.1) is 6.54 Å². The molecule has 4 rings (SSSR count). The Kier molecular flexibility index (Phi) is 5.63. The number of aryl methyl sites for hydroxylation is 1. The molecule has 0 spiro atoms. The molecular formula is C23H20F2N2O2S. The second kappa shape index (κ2) is 8.36. The van der Waals surface area contributed by atoms with Crippen LogP contribution in [0, 0.1) is 18.6 Å². The maximum atomic E-state index is 14.6. The van der Waals surface area contributed by atoms with Crippen LogP contribution in [0.1, 0.15) is 26.4 Å². The fourth-order valence-corrected chi connectivity index (χ4v) is 4.52. The van der Waals surface area contributed by atoms with E-state index >= 15 is 0 Å². The highest BCUT2D eigenvalue weighted by Crippen LogP contribution is 2.27. The van der Waals surface area contributed by atoms with Crippen molar-refractivity contribution >= 4 is 23.2 Å². The lowest BCUT2D eigenvalue weighted by atomic mass is 9.98. The number of rotatable bonds is 4. The van der Waals surface area contributed by atoms with E-state index in [0.29, 0.717) is 29.8 Å². The van der Waals surface area contributed by atoms with Crippen LogP contribution in [-0.4, -0.2) is 29.8 Å². The van der Waals surface area contributed by atoms with Gasteiger partial charge in [-0.2, -0.15) is 0 Å². The Balaban J connectivity index is 1.40. The van der Waals surface area contributed by atoms with Crippen molar-refractivity contribution < 1.29 is 18.4 Å². The first-order valence-corrected chi connectivity index (χ1v) is 10.5. The molecule has 0 saturated carbocycles. The maximum absolute atomic E-state index is 14.6.